The number of hydrogen-bond acceptors (Lipinski definition) is 3. The Morgan fingerprint density at radius 3 is 2.32 bits per heavy atom. The molecule has 2 saturated heterocycles. The van der Waals surface area contributed by atoms with Crippen molar-refractivity contribution in [1.29, 1.82) is 0 Å². The van der Waals surface area contributed by atoms with Gasteiger partial charge in [-0.15, -0.1) is 0 Å². The van der Waals surface area contributed by atoms with E-state index in [1.54, 1.807) is 6.92 Å². The predicted octanol–water partition coefficient (Wildman–Crippen LogP) is 2.55. The second-order valence-corrected chi connectivity index (χ2v) is 8.88. The first kappa shape index (κ1) is 18.3. The number of benzene rings is 1. The Hall–Kier alpha value is -1.47. The number of hydrogen-bond donors (Lipinski definition) is 0. The van der Waals surface area contributed by atoms with E-state index in [9.17, 15) is 17.6 Å². The van der Waals surface area contributed by atoms with E-state index >= 15 is 0 Å². The average molecular weight is 368 g/mol. The summed E-state index contributed by atoms with van der Waals surface area (Å²) >= 11 is 0. The molecule has 7 heteroatoms. The summed E-state index contributed by atoms with van der Waals surface area (Å²) in [5, 5.41) is 0. The highest BCUT2D eigenvalue weighted by Crippen LogP contribution is 2.27. The van der Waals surface area contributed by atoms with Crippen LogP contribution in [0.25, 0.3) is 0 Å². The Morgan fingerprint density at radius 2 is 1.72 bits per heavy atom. The van der Waals surface area contributed by atoms with Crippen molar-refractivity contribution >= 4 is 15.9 Å². The van der Waals surface area contributed by atoms with Crippen LogP contribution in [0.3, 0.4) is 0 Å². The molecule has 0 bridgehead atoms. The Bertz CT molecular complexity index is 737. The summed E-state index contributed by atoms with van der Waals surface area (Å²) in [6.45, 7) is 3.92. The fraction of sp³-hybridized carbons (Fsp3) is 0.611. The van der Waals surface area contributed by atoms with Crippen molar-refractivity contribution < 1.29 is 17.6 Å². The number of carbonyl (C=O) groups excluding carboxylic acids is 1. The van der Waals surface area contributed by atoms with Gasteiger partial charge in [0, 0.05) is 32.1 Å². The molecular formula is C18H25FN2O3S. The Labute approximate surface area is 148 Å². The van der Waals surface area contributed by atoms with Gasteiger partial charge in [0.1, 0.15) is 5.82 Å². The monoisotopic (exact) mass is 368 g/mol. The third kappa shape index (κ3) is 3.87. The molecule has 2 aliphatic heterocycles. The molecule has 0 aliphatic carbocycles. The average Bonchev–Trinajstić information content (AvgIpc) is 2.61. The molecule has 2 fully saturated rings. The van der Waals surface area contributed by atoms with Crippen molar-refractivity contribution in [3.05, 3.63) is 29.6 Å². The normalized spacial score (nSPS) is 20.6. The Balaban J connectivity index is 1.66. The van der Waals surface area contributed by atoms with Gasteiger partial charge in [-0.25, -0.2) is 12.8 Å². The van der Waals surface area contributed by atoms with Crippen LogP contribution in [0.15, 0.2) is 23.1 Å². The van der Waals surface area contributed by atoms with Crippen molar-refractivity contribution in [2.24, 2.45) is 5.92 Å². The molecule has 0 atom stereocenters. The zero-order valence-electron chi connectivity index (χ0n) is 14.6. The minimum Gasteiger partial charge on any atom is -0.342 e. The summed E-state index contributed by atoms with van der Waals surface area (Å²) in [7, 11) is -3.64. The lowest BCUT2D eigenvalue weighted by Crippen LogP contribution is -2.45. The largest absolute Gasteiger partial charge is 0.342 e. The number of likely N-dealkylation sites (tertiary alicyclic amines) is 1. The van der Waals surface area contributed by atoms with Crippen molar-refractivity contribution in [1.82, 2.24) is 9.21 Å². The maximum absolute atomic E-state index is 13.2. The Kier molecular flexibility index (Phi) is 5.43. The molecule has 2 aliphatic rings. The standard InChI is InChI=1S/C18H25FN2O3S/c1-14-13-16(19)5-6-17(14)25(23,24)21-11-7-15(8-12-21)18(22)20-9-3-2-4-10-20/h5-6,13,15H,2-4,7-12H2,1H3. The van der Waals surface area contributed by atoms with Crippen molar-refractivity contribution in [2.75, 3.05) is 26.2 Å². The molecule has 5 nitrogen and oxygen atoms in total. The van der Waals surface area contributed by atoms with Crippen molar-refractivity contribution in [3.63, 3.8) is 0 Å². The molecule has 0 radical (unpaired) electrons. The number of nitrogens with zero attached hydrogens (tertiary/aromatic N) is 2. The highest BCUT2D eigenvalue weighted by Gasteiger charge is 2.34. The van der Waals surface area contributed by atoms with E-state index in [2.05, 4.69) is 0 Å². The molecular weight excluding hydrogens is 343 g/mol. The van der Waals surface area contributed by atoms with Crippen LogP contribution < -0.4 is 0 Å². The smallest absolute Gasteiger partial charge is 0.243 e. The fourth-order valence-electron chi connectivity index (χ4n) is 3.76. The lowest BCUT2D eigenvalue weighted by atomic mass is 9.95. The van der Waals surface area contributed by atoms with Crippen LogP contribution in [-0.4, -0.2) is 49.7 Å². The molecule has 0 aromatic heterocycles. The molecule has 0 N–H and O–H groups in total. The van der Waals surface area contributed by atoms with Gasteiger partial charge in [0.05, 0.1) is 4.90 Å². The quantitative estimate of drug-likeness (QED) is 0.824. The fourth-order valence-corrected chi connectivity index (χ4v) is 5.43. The molecule has 3 rings (SSSR count). The zero-order valence-corrected chi connectivity index (χ0v) is 15.4. The SMILES string of the molecule is Cc1cc(F)ccc1S(=O)(=O)N1CCC(C(=O)N2CCCCC2)CC1. The molecule has 0 saturated carbocycles. The van der Waals surface area contributed by atoms with Crippen LogP contribution >= 0.6 is 0 Å². The molecule has 25 heavy (non-hydrogen) atoms. The summed E-state index contributed by atoms with van der Waals surface area (Å²) in [4.78, 5) is 14.7. The molecule has 1 aromatic rings. The third-order valence-corrected chi connectivity index (χ3v) is 7.28. The molecule has 138 valence electrons. The lowest BCUT2D eigenvalue weighted by molar-refractivity contribution is -0.137. The lowest BCUT2D eigenvalue weighted by Gasteiger charge is -2.35. The van der Waals surface area contributed by atoms with Crippen LogP contribution in [0.4, 0.5) is 4.39 Å². The highest BCUT2D eigenvalue weighted by atomic mass is 32.2. The van der Waals surface area contributed by atoms with Crippen molar-refractivity contribution in [2.45, 2.75) is 43.9 Å². The van der Waals surface area contributed by atoms with Gasteiger partial charge in [0.25, 0.3) is 0 Å². The summed E-state index contributed by atoms with van der Waals surface area (Å²) in [5.74, 6) is -0.351. The highest BCUT2D eigenvalue weighted by molar-refractivity contribution is 7.89. The van der Waals surface area contributed by atoms with E-state index < -0.39 is 15.8 Å². The van der Waals surface area contributed by atoms with Crippen LogP contribution in [-0.2, 0) is 14.8 Å². The number of piperidine rings is 2. The van der Waals surface area contributed by atoms with Crippen LogP contribution in [0.5, 0.6) is 0 Å². The van der Waals surface area contributed by atoms with E-state index in [0.717, 1.165) is 25.9 Å². The molecule has 2 heterocycles. The minimum atomic E-state index is -3.64. The van der Waals surface area contributed by atoms with Gasteiger partial charge in [-0.05, 0) is 62.8 Å². The van der Waals surface area contributed by atoms with Gasteiger partial charge >= 0.3 is 0 Å². The molecule has 1 aromatic carbocycles. The van der Waals surface area contributed by atoms with E-state index in [1.165, 1.54) is 28.9 Å². The topological polar surface area (TPSA) is 57.7 Å². The minimum absolute atomic E-state index is 0.0844. The third-order valence-electron chi connectivity index (χ3n) is 5.23. The van der Waals surface area contributed by atoms with Gasteiger partial charge in [-0.1, -0.05) is 0 Å². The Morgan fingerprint density at radius 1 is 1.08 bits per heavy atom. The van der Waals surface area contributed by atoms with E-state index in [0.29, 0.717) is 31.5 Å². The second kappa shape index (κ2) is 7.41. The maximum Gasteiger partial charge on any atom is 0.243 e. The number of sulfonamides is 1. The summed E-state index contributed by atoms with van der Waals surface area (Å²) < 4.78 is 40.3. The van der Waals surface area contributed by atoms with Crippen LogP contribution in [0.1, 0.15) is 37.7 Å². The summed E-state index contributed by atoms with van der Waals surface area (Å²) in [5.41, 5.74) is 0.409. The van der Waals surface area contributed by atoms with Crippen molar-refractivity contribution in [3.8, 4) is 0 Å². The van der Waals surface area contributed by atoms with E-state index in [-0.39, 0.29) is 16.7 Å². The number of rotatable bonds is 3. The van der Waals surface area contributed by atoms with Gasteiger partial charge < -0.3 is 4.90 Å². The first-order chi connectivity index (χ1) is 11.9. The number of halogens is 1. The first-order valence-electron chi connectivity index (χ1n) is 8.94. The molecule has 1 amide bonds. The van der Waals surface area contributed by atoms with E-state index in [4.69, 9.17) is 0 Å². The van der Waals surface area contributed by atoms with E-state index in [1.807, 2.05) is 4.90 Å². The summed E-state index contributed by atoms with van der Waals surface area (Å²) in [6.07, 6.45) is 4.40. The number of aryl methyl sites for hydroxylation is 1. The molecule has 0 unspecified atom stereocenters. The van der Waals surface area contributed by atoms with Crippen LogP contribution in [0, 0.1) is 18.7 Å². The van der Waals surface area contributed by atoms with Gasteiger partial charge in [0.2, 0.25) is 15.9 Å². The first-order valence-corrected chi connectivity index (χ1v) is 10.4. The molecule has 0 spiro atoms. The second-order valence-electron chi connectivity index (χ2n) is 6.97. The maximum atomic E-state index is 13.2. The van der Waals surface area contributed by atoms with Gasteiger partial charge in [0.15, 0.2) is 0 Å². The van der Waals surface area contributed by atoms with Gasteiger partial charge in [-0.3, -0.25) is 4.79 Å². The van der Waals surface area contributed by atoms with Crippen LogP contribution in [0.2, 0.25) is 0 Å². The van der Waals surface area contributed by atoms with Gasteiger partial charge in [-0.2, -0.15) is 4.31 Å². The predicted molar refractivity (Wildman–Crippen MR) is 93.1 cm³/mol. The number of carbonyl (C=O) groups is 1. The number of amides is 1. The zero-order chi connectivity index (χ0) is 18.0. The summed E-state index contributed by atoms with van der Waals surface area (Å²) in [6, 6.07) is 3.73.